The summed E-state index contributed by atoms with van der Waals surface area (Å²) in [5.74, 6) is 0. The van der Waals surface area contributed by atoms with E-state index >= 15 is 0 Å². The van der Waals surface area contributed by atoms with Crippen molar-refractivity contribution in [3.05, 3.63) is 0 Å². The third-order valence-electron chi connectivity index (χ3n) is 2.73. The molecule has 1 aliphatic heterocycles. The molecule has 1 fully saturated rings. The number of halogens is 3. The van der Waals surface area contributed by atoms with Gasteiger partial charge in [0.05, 0.1) is 0 Å². The third kappa shape index (κ3) is 2.59. The number of rotatable bonds is 2. The zero-order valence-electron chi connectivity index (χ0n) is 7.96. The molecule has 0 radical (unpaired) electrons. The molecule has 1 saturated heterocycles. The second-order valence-electron chi connectivity index (χ2n) is 3.75. The first-order valence-electron chi connectivity index (χ1n) is 4.56. The number of alkyl halides is 3. The molecule has 6 heteroatoms. The van der Waals surface area contributed by atoms with Crippen LogP contribution in [0.15, 0.2) is 0 Å². The number of nitrogens with two attached hydrogens (primary N) is 1. The van der Waals surface area contributed by atoms with Crippen LogP contribution in [0.25, 0.3) is 0 Å². The maximum atomic E-state index is 12.0. The van der Waals surface area contributed by atoms with Crippen LogP contribution in [-0.4, -0.2) is 47.5 Å². The van der Waals surface area contributed by atoms with E-state index in [2.05, 4.69) is 0 Å². The molecule has 1 aliphatic rings. The molecule has 0 saturated carbocycles. The van der Waals surface area contributed by atoms with E-state index in [4.69, 9.17) is 10.8 Å². The summed E-state index contributed by atoms with van der Waals surface area (Å²) in [4.78, 5) is 1.57. The number of β-amino-alcohol motifs (C(OH)–C–C–N with tert-alkyl or cyclic N) is 1. The van der Waals surface area contributed by atoms with Crippen LogP contribution in [0.2, 0.25) is 0 Å². The van der Waals surface area contributed by atoms with Crippen LogP contribution >= 0.6 is 0 Å². The first-order chi connectivity index (χ1) is 6.32. The van der Waals surface area contributed by atoms with Crippen LogP contribution in [0.5, 0.6) is 0 Å². The largest absolute Gasteiger partial charge is 0.415 e. The van der Waals surface area contributed by atoms with Gasteiger partial charge in [0.25, 0.3) is 0 Å². The Balaban J connectivity index is 2.46. The lowest BCUT2D eigenvalue weighted by atomic mass is 10.1. The first-order valence-corrected chi connectivity index (χ1v) is 4.56. The van der Waals surface area contributed by atoms with Gasteiger partial charge in [-0.25, -0.2) is 0 Å². The quantitative estimate of drug-likeness (QED) is 0.693. The Morgan fingerprint density at radius 3 is 2.50 bits per heavy atom. The SMILES string of the molecule is CC1C(N)CCN1CC(O)C(F)(F)F. The Bertz CT molecular complexity index is 198. The van der Waals surface area contributed by atoms with E-state index < -0.39 is 12.3 Å². The third-order valence-corrected chi connectivity index (χ3v) is 2.73. The van der Waals surface area contributed by atoms with Crippen LogP contribution < -0.4 is 5.73 Å². The number of aliphatic hydroxyl groups is 1. The van der Waals surface area contributed by atoms with Crippen molar-refractivity contribution in [3.8, 4) is 0 Å². The molecule has 0 aromatic carbocycles. The van der Waals surface area contributed by atoms with Gasteiger partial charge >= 0.3 is 6.18 Å². The standard InChI is InChI=1S/C8H15F3N2O/c1-5-6(12)2-3-13(5)4-7(14)8(9,10)11/h5-7,14H,2-4,12H2,1H3. The number of hydrogen-bond donors (Lipinski definition) is 2. The van der Waals surface area contributed by atoms with Gasteiger partial charge in [-0.2, -0.15) is 13.2 Å². The van der Waals surface area contributed by atoms with E-state index in [1.807, 2.05) is 0 Å². The van der Waals surface area contributed by atoms with Gasteiger partial charge in [0.15, 0.2) is 6.10 Å². The minimum absolute atomic E-state index is 0.0876. The Labute approximate surface area is 80.7 Å². The van der Waals surface area contributed by atoms with Crippen molar-refractivity contribution in [2.45, 2.75) is 37.7 Å². The van der Waals surface area contributed by atoms with Crippen LogP contribution in [0.3, 0.4) is 0 Å². The normalized spacial score (nSPS) is 32.1. The molecular weight excluding hydrogens is 197 g/mol. The summed E-state index contributed by atoms with van der Waals surface area (Å²) < 4.78 is 36.1. The zero-order valence-corrected chi connectivity index (χ0v) is 7.96. The maximum absolute atomic E-state index is 12.0. The summed E-state index contributed by atoms with van der Waals surface area (Å²) in [5, 5.41) is 8.84. The minimum Gasteiger partial charge on any atom is -0.382 e. The van der Waals surface area contributed by atoms with Gasteiger partial charge in [-0.05, 0) is 13.3 Å². The maximum Gasteiger partial charge on any atom is 0.415 e. The predicted octanol–water partition coefficient (Wildman–Crippen LogP) is 0.331. The Kier molecular flexibility index (Phi) is 3.39. The van der Waals surface area contributed by atoms with Crippen molar-refractivity contribution >= 4 is 0 Å². The van der Waals surface area contributed by atoms with Crippen molar-refractivity contribution < 1.29 is 18.3 Å². The fourth-order valence-electron chi connectivity index (χ4n) is 1.61. The summed E-state index contributed by atoms with van der Waals surface area (Å²) in [6, 6.07) is -0.178. The van der Waals surface area contributed by atoms with Crippen molar-refractivity contribution in [1.29, 1.82) is 0 Å². The molecule has 0 aromatic rings. The van der Waals surface area contributed by atoms with Crippen molar-refractivity contribution in [3.63, 3.8) is 0 Å². The summed E-state index contributed by atoms with van der Waals surface area (Å²) >= 11 is 0. The molecule has 3 N–H and O–H groups in total. The Morgan fingerprint density at radius 2 is 2.14 bits per heavy atom. The number of likely N-dealkylation sites (tertiary alicyclic amines) is 1. The van der Waals surface area contributed by atoms with Gasteiger partial charge in [0.2, 0.25) is 0 Å². The molecular formula is C8H15F3N2O. The highest BCUT2D eigenvalue weighted by atomic mass is 19.4. The second kappa shape index (κ2) is 4.04. The molecule has 0 amide bonds. The van der Waals surface area contributed by atoms with E-state index in [-0.39, 0.29) is 18.6 Å². The smallest absolute Gasteiger partial charge is 0.382 e. The Hall–Kier alpha value is -0.330. The van der Waals surface area contributed by atoms with E-state index in [0.29, 0.717) is 13.0 Å². The fourth-order valence-corrected chi connectivity index (χ4v) is 1.61. The van der Waals surface area contributed by atoms with Crippen LogP contribution in [-0.2, 0) is 0 Å². The summed E-state index contributed by atoms with van der Waals surface area (Å²) in [7, 11) is 0. The average molecular weight is 212 g/mol. The highest BCUT2D eigenvalue weighted by molar-refractivity contribution is 4.88. The molecule has 1 rings (SSSR count). The van der Waals surface area contributed by atoms with Gasteiger partial charge in [0.1, 0.15) is 0 Å². The lowest BCUT2D eigenvalue weighted by molar-refractivity contribution is -0.208. The van der Waals surface area contributed by atoms with Crippen LogP contribution in [0.4, 0.5) is 13.2 Å². The molecule has 1 heterocycles. The van der Waals surface area contributed by atoms with Gasteiger partial charge < -0.3 is 10.8 Å². The fraction of sp³-hybridized carbons (Fsp3) is 1.00. The molecule has 3 nitrogen and oxygen atoms in total. The lowest BCUT2D eigenvalue weighted by Gasteiger charge is -2.26. The lowest BCUT2D eigenvalue weighted by Crippen LogP contribution is -2.45. The van der Waals surface area contributed by atoms with Crippen LogP contribution in [0.1, 0.15) is 13.3 Å². The van der Waals surface area contributed by atoms with Crippen molar-refractivity contribution in [2.24, 2.45) is 5.73 Å². The predicted molar refractivity (Wildman–Crippen MR) is 45.7 cm³/mol. The van der Waals surface area contributed by atoms with Crippen molar-refractivity contribution in [1.82, 2.24) is 4.90 Å². The van der Waals surface area contributed by atoms with E-state index in [9.17, 15) is 13.2 Å². The van der Waals surface area contributed by atoms with Crippen LogP contribution in [0, 0.1) is 0 Å². The molecule has 14 heavy (non-hydrogen) atoms. The molecule has 0 aliphatic carbocycles. The van der Waals surface area contributed by atoms with E-state index in [1.54, 1.807) is 11.8 Å². The zero-order chi connectivity index (χ0) is 10.9. The number of aliphatic hydroxyl groups excluding tert-OH is 1. The minimum atomic E-state index is -4.54. The van der Waals surface area contributed by atoms with E-state index in [0.717, 1.165) is 0 Å². The monoisotopic (exact) mass is 212 g/mol. The van der Waals surface area contributed by atoms with Gasteiger partial charge in [-0.3, -0.25) is 4.90 Å². The van der Waals surface area contributed by atoms with E-state index in [1.165, 1.54) is 0 Å². The molecule has 0 aromatic heterocycles. The molecule has 0 spiro atoms. The van der Waals surface area contributed by atoms with Gasteiger partial charge in [-0.1, -0.05) is 0 Å². The Morgan fingerprint density at radius 1 is 1.57 bits per heavy atom. The number of hydrogen-bond acceptors (Lipinski definition) is 3. The molecule has 3 unspecified atom stereocenters. The topological polar surface area (TPSA) is 49.5 Å². The van der Waals surface area contributed by atoms with Gasteiger partial charge in [-0.15, -0.1) is 0 Å². The molecule has 3 atom stereocenters. The summed E-state index contributed by atoms with van der Waals surface area (Å²) in [5.41, 5.74) is 5.65. The van der Waals surface area contributed by atoms with Gasteiger partial charge in [0, 0.05) is 25.2 Å². The highest BCUT2D eigenvalue weighted by Gasteiger charge is 2.41. The van der Waals surface area contributed by atoms with Crippen molar-refractivity contribution in [2.75, 3.05) is 13.1 Å². The second-order valence-corrected chi connectivity index (χ2v) is 3.75. The average Bonchev–Trinajstić information content (AvgIpc) is 2.34. The first kappa shape index (κ1) is 11.7. The molecule has 84 valence electrons. The number of nitrogens with zero attached hydrogens (tertiary/aromatic N) is 1. The summed E-state index contributed by atoms with van der Waals surface area (Å²) in [6.07, 6.45) is -6.12. The summed E-state index contributed by atoms with van der Waals surface area (Å²) in [6.45, 7) is 1.93. The molecule has 0 bridgehead atoms. The highest BCUT2D eigenvalue weighted by Crippen LogP contribution is 2.23.